The fourth-order valence-corrected chi connectivity index (χ4v) is 5.32. The number of likely N-dealkylation sites (N-methyl/N-ethyl adjacent to an activating group) is 1. The highest BCUT2D eigenvalue weighted by Crippen LogP contribution is 2.33. The number of nitrogens with zero attached hydrogens (tertiary/aromatic N) is 4. The quantitative estimate of drug-likeness (QED) is 0.435. The van der Waals surface area contributed by atoms with Crippen LogP contribution in [0.1, 0.15) is 57.7 Å². The number of halogens is 2. The Kier molecular flexibility index (Phi) is 8.99. The van der Waals surface area contributed by atoms with Crippen LogP contribution in [0, 0.1) is 11.7 Å². The smallest absolute Gasteiger partial charge is 0.130 e. The molecule has 0 radical (unpaired) electrons. The van der Waals surface area contributed by atoms with Crippen molar-refractivity contribution in [3.63, 3.8) is 0 Å². The molecule has 37 heavy (non-hydrogen) atoms. The molecule has 2 atom stereocenters. The normalized spacial score (nSPS) is 23.9. The van der Waals surface area contributed by atoms with Crippen LogP contribution in [-0.4, -0.2) is 54.2 Å². The Morgan fingerprint density at radius 1 is 1.27 bits per heavy atom. The van der Waals surface area contributed by atoms with E-state index >= 15 is 0 Å². The average Bonchev–Trinajstić information content (AvgIpc) is 3.36. The van der Waals surface area contributed by atoms with Crippen molar-refractivity contribution < 1.29 is 4.39 Å². The molecule has 1 aliphatic heterocycles. The van der Waals surface area contributed by atoms with Crippen molar-refractivity contribution in [3.8, 4) is 0 Å². The highest BCUT2D eigenvalue weighted by Gasteiger charge is 2.25. The summed E-state index contributed by atoms with van der Waals surface area (Å²) in [5.74, 6) is 0.145. The minimum atomic E-state index is -0.300. The second kappa shape index (κ2) is 12.2. The van der Waals surface area contributed by atoms with E-state index in [0.29, 0.717) is 34.7 Å². The standard InChI is InChI=1S/C31H38ClFN4/c1-6-8-26(27-18-23(32)12-13-28(27)33)31(34-7-2)29-14-11-22-10-9-21(3)17-25(19-30(22)35-29)37-16-15-24(20-37)36(4)5/h7,10-14,17-19,21,24H,6,8-9,15-16,20H2,1-5H3/b22-10+,25-17+,30-19+,31-26+,34-7?. The van der Waals surface area contributed by atoms with E-state index in [4.69, 9.17) is 21.6 Å². The Hall–Kier alpha value is -2.76. The molecule has 1 aliphatic carbocycles. The van der Waals surface area contributed by atoms with Gasteiger partial charge in [-0.25, -0.2) is 9.37 Å². The van der Waals surface area contributed by atoms with Crippen LogP contribution in [0.15, 0.2) is 47.1 Å². The number of hydrogen-bond donors (Lipinski definition) is 0. The van der Waals surface area contributed by atoms with E-state index in [1.54, 1.807) is 18.3 Å². The summed E-state index contributed by atoms with van der Waals surface area (Å²) in [4.78, 5) is 14.6. The summed E-state index contributed by atoms with van der Waals surface area (Å²) in [6.07, 6.45) is 12.2. The number of benzene rings is 1. The van der Waals surface area contributed by atoms with Crippen molar-refractivity contribution in [1.82, 2.24) is 14.8 Å². The highest BCUT2D eigenvalue weighted by molar-refractivity contribution is 6.30. The SMILES string of the molecule is CC=N/C(=C(\CCC)c1cc(Cl)ccc1F)c1ccc2/c(n1)=C\C(N1CCC(N(C)C)C1)=C/C(C)C/C=2. The number of likely N-dealkylation sites (tertiary alicyclic amines) is 1. The Bertz CT molecular complexity index is 1340. The van der Waals surface area contributed by atoms with Crippen molar-refractivity contribution in [1.29, 1.82) is 0 Å². The molecule has 2 aromatic rings. The third-order valence-electron chi connectivity index (χ3n) is 7.21. The molecule has 4 rings (SSSR count). The molecule has 0 amide bonds. The zero-order valence-electron chi connectivity index (χ0n) is 22.6. The fraction of sp³-hybridized carbons (Fsp3) is 0.419. The summed E-state index contributed by atoms with van der Waals surface area (Å²) in [6, 6.07) is 9.38. The number of aliphatic imine (C=N–C) groups is 1. The predicted octanol–water partition coefficient (Wildman–Crippen LogP) is 5.75. The van der Waals surface area contributed by atoms with Crippen LogP contribution in [0.2, 0.25) is 5.02 Å². The summed E-state index contributed by atoms with van der Waals surface area (Å²) in [7, 11) is 4.31. The number of hydrogen-bond acceptors (Lipinski definition) is 4. The first-order valence-electron chi connectivity index (χ1n) is 13.3. The lowest BCUT2D eigenvalue weighted by molar-refractivity contribution is 0.293. The molecule has 6 heteroatoms. The highest BCUT2D eigenvalue weighted by atomic mass is 35.5. The Morgan fingerprint density at radius 3 is 2.78 bits per heavy atom. The monoisotopic (exact) mass is 520 g/mol. The topological polar surface area (TPSA) is 31.7 Å². The lowest BCUT2D eigenvalue weighted by Gasteiger charge is -2.24. The molecule has 0 N–H and O–H groups in total. The van der Waals surface area contributed by atoms with Gasteiger partial charge >= 0.3 is 0 Å². The number of pyridine rings is 1. The number of fused-ring (bicyclic) bond motifs is 1. The van der Waals surface area contributed by atoms with Gasteiger partial charge in [0.15, 0.2) is 0 Å². The Balaban J connectivity index is 1.87. The van der Waals surface area contributed by atoms with E-state index in [1.807, 2.05) is 13.0 Å². The average molecular weight is 521 g/mol. The van der Waals surface area contributed by atoms with E-state index in [2.05, 4.69) is 62.0 Å². The van der Waals surface area contributed by atoms with Crippen LogP contribution in [0.3, 0.4) is 0 Å². The second-order valence-electron chi connectivity index (χ2n) is 10.3. The zero-order valence-corrected chi connectivity index (χ0v) is 23.4. The minimum Gasteiger partial charge on any atom is -0.370 e. The van der Waals surface area contributed by atoms with Gasteiger partial charge < -0.3 is 9.80 Å². The largest absolute Gasteiger partial charge is 0.370 e. The molecule has 1 fully saturated rings. The van der Waals surface area contributed by atoms with E-state index in [9.17, 15) is 4.39 Å². The number of aromatic nitrogens is 1. The Morgan fingerprint density at radius 2 is 2.08 bits per heavy atom. The molecule has 1 aromatic heterocycles. The lowest BCUT2D eigenvalue weighted by atomic mass is 9.96. The van der Waals surface area contributed by atoms with Crippen LogP contribution < -0.4 is 10.6 Å². The lowest BCUT2D eigenvalue weighted by Crippen LogP contribution is -2.34. The summed E-state index contributed by atoms with van der Waals surface area (Å²) in [6.45, 7) is 8.28. The fourth-order valence-electron chi connectivity index (χ4n) is 5.15. The van der Waals surface area contributed by atoms with Crippen LogP contribution in [0.4, 0.5) is 4.39 Å². The molecule has 1 aromatic carbocycles. The molecule has 196 valence electrons. The first-order chi connectivity index (χ1) is 17.8. The third-order valence-corrected chi connectivity index (χ3v) is 7.44. The molecule has 0 bridgehead atoms. The third kappa shape index (κ3) is 6.39. The molecule has 1 saturated heterocycles. The predicted molar refractivity (Wildman–Crippen MR) is 155 cm³/mol. The van der Waals surface area contributed by atoms with Crippen molar-refractivity contribution in [2.75, 3.05) is 27.2 Å². The first kappa shape index (κ1) is 27.3. The summed E-state index contributed by atoms with van der Waals surface area (Å²) in [5.41, 5.74) is 3.97. The van der Waals surface area contributed by atoms with Gasteiger partial charge in [-0.2, -0.15) is 0 Å². The van der Waals surface area contributed by atoms with Crippen molar-refractivity contribution in [2.45, 2.75) is 52.5 Å². The van der Waals surface area contributed by atoms with Gasteiger partial charge in [-0.1, -0.05) is 50.1 Å². The van der Waals surface area contributed by atoms with Crippen molar-refractivity contribution in [3.05, 3.63) is 74.8 Å². The van der Waals surface area contributed by atoms with E-state index in [0.717, 1.165) is 54.2 Å². The Labute approximate surface area is 225 Å². The molecule has 4 nitrogen and oxygen atoms in total. The maximum atomic E-state index is 15.0. The van der Waals surface area contributed by atoms with Gasteiger partial charge in [0.2, 0.25) is 0 Å². The van der Waals surface area contributed by atoms with Gasteiger partial charge in [0.25, 0.3) is 0 Å². The molecule has 0 saturated carbocycles. The van der Waals surface area contributed by atoms with E-state index < -0.39 is 0 Å². The zero-order chi connectivity index (χ0) is 26.5. The molecule has 0 spiro atoms. The molecule has 2 aliphatic rings. The maximum absolute atomic E-state index is 15.0. The van der Waals surface area contributed by atoms with Gasteiger partial charge in [-0.3, -0.25) is 4.99 Å². The minimum absolute atomic E-state index is 0.300. The second-order valence-corrected chi connectivity index (χ2v) is 10.7. The molecule has 2 unspecified atom stereocenters. The van der Waals surface area contributed by atoms with Gasteiger partial charge in [0, 0.05) is 41.6 Å². The summed E-state index contributed by atoms with van der Waals surface area (Å²) in [5, 5.41) is 2.55. The van der Waals surface area contributed by atoms with Crippen LogP contribution in [0.25, 0.3) is 23.4 Å². The molecular weight excluding hydrogens is 483 g/mol. The van der Waals surface area contributed by atoms with Crippen molar-refractivity contribution >= 4 is 41.2 Å². The summed E-state index contributed by atoms with van der Waals surface area (Å²) >= 11 is 6.27. The first-order valence-corrected chi connectivity index (χ1v) is 13.7. The summed E-state index contributed by atoms with van der Waals surface area (Å²) < 4.78 is 15.0. The van der Waals surface area contributed by atoms with Crippen LogP contribution >= 0.6 is 11.6 Å². The van der Waals surface area contributed by atoms with Crippen LogP contribution in [0.5, 0.6) is 0 Å². The molecular formula is C31H38ClFN4. The van der Waals surface area contributed by atoms with Gasteiger partial charge in [0.05, 0.1) is 16.7 Å². The van der Waals surface area contributed by atoms with Gasteiger partial charge in [0.1, 0.15) is 5.82 Å². The molecule has 2 heterocycles. The van der Waals surface area contributed by atoms with Crippen molar-refractivity contribution in [2.24, 2.45) is 10.9 Å². The van der Waals surface area contributed by atoms with Crippen LogP contribution in [-0.2, 0) is 0 Å². The van der Waals surface area contributed by atoms with Gasteiger partial charge in [-0.05, 0) is 87.3 Å². The van der Waals surface area contributed by atoms with E-state index in [1.165, 1.54) is 11.8 Å². The van der Waals surface area contributed by atoms with Gasteiger partial charge in [-0.15, -0.1) is 0 Å². The maximum Gasteiger partial charge on any atom is 0.130 e. The number of allylic oxidation sites excluding steroid dienone is 3. The van der Waals surface area contributed by atoms with E-state index in [-0.39, 0.29) is 5.82 Å². The number of rotatable bonds is 7.